The lowest BCUT2D eigenvalue weighted by Gasteiger charge is -2.29. The summed E-state index contributed by atoms with van der Waals surface area (Å²) in [5.74, 6) is -1.13. The Hall–Kier alpha value is -1.63. The predicted molar refractivity (Wildman–Crippen MR) is 89.0 cm³/mol. The molecule has 1 rings (SSSR count). The number of hydrogen-bond acceptors (Lipinski definition) is 5. The molecule has 138 valence electrons. The summed E-state index contributed by atoms with van der Waals surface area (Å²) in [6, 6.07) is -1.50. The molecule has 0 aliphatic heterocycles. The Morgan fingerprint density at radius 2 is 1.79 bits per heavy atom. The number of carbonyl (C=O) groups is 3. The molecule has 0 aromatic rings. The van der Waals surface area contributed by atoms with Crippen molar-refractivity contribution in [3.63, 3.8) is 0 Å². The van der Waals surface area contributed by atoms with Gasteiger partial charge in [0.05, 0.1) is 12.6 Å². The lowest BCUT2D eigenvalue weighted by molar-refractivity contribution is -0.148. The largest absolute Gasteiger partial charge is 0.464 e. The molecule has 7 heteroatoms. The third-order valence-corrected chi connectivity index (χ3v) is 4.35. The summed E-state index contributed by atoms with van der Waals surface area (Å²) in [7, 11) is 0. The standard InChI is InChI=1S/C17H30N2O5/c1-4-24-17(23)11(2)18-16(22)15(21)14(19-12(3)20)10-13-8-6-5-7-9-13/h11,13-15,21H,4-10H2,1-3H3,(H,18,22)(H,19,20)/t11-,14-,15?/m1/s1. The summed E-state index contributed by atoms with van der Waals surface area (Å²) in [5.41, 5.74) is 0. The molecule has 1 aliphatic carbocycles. The zero-order valence-corrected chi connectivity index (χ0v) is 14.8. The average molecular weight is 342 g/mol. The van der Waals surface area contributed by atoms with Crippen LogP contribution >= 0.6 is 0 Å². The zero-order valence-electron chi connectivity index (χ0n) is 14.8. The Bertz CT molecular complexity index is 435. The van der Waals surface area contributed by atoms with E-state index >= 15 is 0 Å². The number of rotatable bonds is 8. The second-order valence-corrected chi connectivity index (χ2v) is 6.47. The first-order chi connectivity index (χ1) is 11.3. The van der Waals surface area contributed by atoms with Crippen LogP contribution in [0.3, 0.4) is 0 Å². The Morgan fingerprint density at radius 3 is 2.33 bits per heavy atom. The zero-order chi connectivity index (χ0) is 18.1. The average Bonchev–Trinajstić information content (AvgIpc) is 2.54. The van der Waals surface area contributed by atoms with Crippen molar-refractivity contribution in [3.8, 4) is 0 Å². The molecular formula is C17H30N2O5. The maximum absolute atomic E-state index is 12.2. The van der Waals surface area contributed by atoms with Crippen LogP contribution in [0.2, 0.25) is 0 Å². The number of aliphatic hydroxyl groups is 1. The highest BCUT2D eigenvalue weighted by molar-refractivity contribution is 5.87. The minimum Gasteiger partial charge on any atom is -0.464 e. The highest BCUT2D eigenvalue weighted by Crippen LogP contribution is 2.28. The number of nitrogens with one attached hydrogen (secondary N) is 2. The van der Waals surface area contributed by atoms with Gasteiger partial charge in [0.25, 0.3) is 5.91 Å². The van der Waals surface area contributed by atoms with Gasteiger partial charge < -0.3 is 20.5 Å². The maximum Gasteiger partial charge on any atom is 0.328 e. The summed E-state index contributed by atoms with van der Waals surface area (Å²) in [6.07, 6.45) is 4.74. The minimum atomic E-state index is -1.40. The molecule has 3 atom stereocenters. The lowest BCUT2D eigenvalue weighted by atomic mass is 9.83. The van der Waals surface area contributed by atoms with Crippen LogP contribution in [0, 0.1) is 5.92 Å². The number of hydrogen-bond donors (Lipinski definition) is 3. The SMILES string of the molecule is CCOC(=O)[C@@H](C)NC(=O)C(O)[C@@H](CC1CCCCC1)NC(C)=O. The van der Waals surface area contributed by atoms with Crippen molar-refractivity contribution in [2.24, 2.45) is 5.92 Å². The van der Waals surface area contributed by atoms with Crippen LogP contribution in [-0.4, -0.2) is 47.7 Å². The maximum atomic E-state index is 12.2. The van der Waals surface area contributed by atoms with Crippen molar-refractivity contribution in [2.45, 2.75) is 77.5 Å². The quantitative estimate of drug-likeness (QED) is 0.568. The van der Waals surface area contributed by atoms with E-state index in [0.717, 1.165) is 25.7 Å². The predicted octanol–water partition coefficient (Wildman–Crippen LogP) is 0.890. The van der Waals surface area contributed by atoms with E-state index in [1.165, 1.54) is 20.3 Å². The fraction of sp³-hybridized carbons (Fsp3) is 0.824. The van der Waals surface area contributed by atoms with Crippen LogP contribution in [0.1, 0.15) is 59.3 Å². The van der Waals surface area contributed by atoms with Gasteiger partial charge in [0.15, 0.2) is 6.10 Å². The van der Waals surface area contributed by atoms with E-state index in [9.17, 15) is 19.5 Å². The van der Waals surface area contributed by atoms with Crippen LogP contribution in [0.15, 0.2) is 0 Å². The van der Waals surface area contributed by atoms with Gasteiger partial charge in [-0.1, -0.05) is 32.1 Å². The molecule has 0 bridgehead atoms. The number of carbonyl (C=O) groups excluding carboxylic acids is 3. The van der Waals surface area contributed by atoms with Gasteiger partial charge >= 0.3 is 5.97 Å². The van der Waals surface area contributed by atoms with Gasteiger partial charge in [-0.25, -0.2) is 4.79 Å². The van der Waals surface area contributed by atoms with Crippen molar-refractivity contribution in [2.75, 3.05) is 6.61 Å². The lowest BCUT2D eigenvalue weighted by Crippen LogP contribution is -2.53. The second kappa shape index (κ2) is 10.3. The van der Waals surface area contributed by atoms with Crippen LogP contribution in [0.5, 0.6) is 0 Å². The number of ether oxygens (including phenoxy) is 1. The van der Waals surface area contributed by atoms with E-state index in [4.69, 9.17) is 4.74 Å². The monoisotopic (exact) mass is 342 g/mol. The summed E-state index contributed by atoms with van der Waals surface area (Å²) in [5, 5.41) is 15.4. The van der Waals surface area contributed by atoms with E-state index in [-0.39, 0.29) is 12.5 Å². The van der Waals surface area contributed by atoms with E-state index in [0.29, 0.717) is 12.3 Å². The van der Waals surface area contributed by atoms with Crippen molar-refractivity contribution >= 4 is 17.8 Å². The third-order valence-electron chi connectivity index (χ3n) is 4.35. The topological polar surface area (TPSA) is 105 Å². The second-order valence-electron chi connectivity index (χ2n) is 6.47. The van der Waals surface area contributed by atoms with E-state index in [1.54, 1.807) is 6.92 Å². The van der Waals surface area contributed by atoms with Gasteiger partial charge in [-0.3, -0.25) is 9.59 Å². The Labute approximate surface area is 143 Å². The first-order valence-electron chi connectivity index (χ1n) is 8.77. The highest BCUT2D eigenvalue weighted by Gasteiger charge is 2.31. The molecule has 0 aromatic carbocycles. The van der Waals surface area contributed by atoms with Crippen LogP contribution < -0.4 is 10.6 Å². The van der Waals surface area contributed by atoms with E-state index < -0.39 is 30.1 Å². The summed E-state index contributed by atoms with van der Waals surface area (Å²) in [6.45, 7) is 4.76. The van der Waals surface area contributed by atoms with Gasteiger partial charge in [0, 0.05) is 6.92 Å². The van der Waals surface area contributed by atoms with Gasteiger partial charge in [-0.05, 0) is 26.2 Å². The molecule has 2 amide bonds. The third kappa shape index (κ3) is 6.86. The van der Waals surface area contributed by atoms with Gasteiger partial charge in [-0.2, -0.15) is 0 Å². The van der Waals surface area contributed by atoms with Crippen LogP contribution in [-0.2, 0) is 19.1 Å². The van der Waals surface area contributed by atoms with Crippen LogP contribution in [0.25, 0.3) is 0 Å². The molecule has 1 unspecified atom stereocenters. The Balaban J connectivity index is 2.64. The Morgan fingerprint density at radius 1 is 1.17 bits per heavy atom. The molecule has 3 N–H and O–H groups in total. The fourth-order valence-electron chi connectivity index (χ4n) is 3.12. The molecule has 0 aromatic heterocycles. The molecule has 1 aliphatic rings. The molecule has 7 nitrogen and oxygen atoms in total. The first kappa shape index (κ1) is 20.4. The van der Waals surface area contributed by atoms with Crippen molar-refractivity contribution in [3.05, 3.63) is 0 Å². The number of amides is 2. The van der Waals surface area contributed by atoms with E-state index in [1.807, 2.05) is 0 Å². The van der Waals surface area contributed by atoms with Gasteiger partial charge in [-0.15, -0.1) is 0 Å². The smallest absolute Gasteiger partial charge is 0.328 e. The normalized spacial score (nSPS) is 19.0. The summed E-state index contributed by atoms with van der Waals surface area (Å²) < 4.78 is 4.83. The van der Waals surface area contributed by atoms with Crippen molar-refractivity contribution in [1.82, 2.24) is 10.6 Å². The molecule has 0 saturated heterocycles. The molecule has 0 spiro atoms. The molecule has 1 saturated carbocycles. The van der Waals surface area contributed by atoms with Gasteiger partial charge in [0.2, 0.25) is 5.91 Å². The molecule has 0 radical (unpaired) electrons. The molecule has 0 heterocycles. The summed E-state index contributed by atoms with van der Waals surface area (Å²) >= 11 is 0. The summed E-state index contributed by atoms with van der Waals surface area (Å²) in [4.78, 5) is 35.2. The first-order valence-corrected chi connectivity index (χ1v) is 8.77. The van der Waals surface area contributed by atoms with Crippen LogP contribution in [0.4, 0.5) is 0 Å². The fourth-order valence-corrected chi connectivity index (χ4v) is 3.12. The van der Waals surface area contributed by atoms with E-state index in [2.05, 4.69) is 10.6 Å². The number of esters is 1. The highest BCUT2D eigenvalue weighted by atomic mass is 16.5. The molecule has 1 fully saturated rings. The number of aliphatic hydroxyl groups excluding tert-OH is 1. The van der Waals surface area contributed by atoms with Crippen molar-refractivity contribution in [1.29, 1.82) is 0 Å². The molecule has 24 heavy (non-hydrogen) atoms. The Kier molecular flexibility index (Phi) is 8.74. The molecular weight excluding hydrogens is 312 g/mol. The minimum absolute atomic E-state index is 0.220. The van der Waals surface area contributed by atoms with Gasteiger partial charge in [0.1, 0.15) is 6.04 Å². The van der Waals surface area contributed by atoms with Crippen molar-refractivity contribution < 1.29 is 24.2 Å².